The second kappa shape index (κ2) is 6.02. The third-order valence-corrected chi connectivity index (χ3v) is 4.87. The number of piperidine rings is 1. The van der Waals surface area contributed by atoms with Gasteiger partial charge < -0.3 is 4.90 Å². The van der Waals surface area contributed by atoms with Gasteiger partial charge in [-0.15, -0.1) is 0 Å². The molecule has 1 saturated heterocycles. The van der Waals surface area contributed by atoms with Crippen molar-refractivity contribution in [3.63, 3.8) is 0 Å². The molecule has 18 heavy (non-hydrogen) atoms. The molecular weight excluding hydrogens is 246 g/mol. The molecule has 0 saturated carbocycles. The normalized spacial score (nSPS) is 23.6. The minimum Gasteiger partial charge on any atom is -0.302 e. The maximum atomic E-state index is 11.1. The van der Waals surface area contributed by atoms with E-state index in [9.17, 15) is 8.42 Å². The Morgan fingerprint density at radius 1 is 1.17 bits per heavy atom. The van der Waals surface area contributed by atoms with Crippen molar-refractivity contribution in [3.8, 4) is 0 Å². The molecule has 0 aromatic heterocycles. The summed E-state index contributed by atoms with van der Waals surface area (Å²) in [6, 6.07) is 0. The van der Waals surface area contributed by atoms with Crippen LogP contribution in [0.3, 0.4) is 0 Å². The van der Waals surface area contributed by atoms with Crippen molar-refractivity contribution in [2.24, 2.45) is 11.8 Å². The number of allylic oxidation sites excluding steroid dienone is 4. The molecule has 2 rings (SSSR count). The van der Waals surface area contributed by atoms with E-state index in [0.717, 1.165) is 25.4 Å². The third kappa shape index (κ3) is 4.25. The summed E-state index contributed by atoms with van der Waals surface area (Å²) in [6.45, 7) is 2.78. The van der Waals surface area contributed by atoms with Gasteiger partial charge in [-0.05, 0) is 44.2 Å². The number of nitrogens with zero attached hydrogens (tertiary/aromatic N) is 1. The number of likely N-dealkylation sites (tertiary alicyclic amines) is 1. The van der Waals surface area contributed by atoms with Gasteiger partial charge in [-0.3, -0.25) is 0 Å². The van der Waals surface area contributed by atoms with E-state index < -0.39 is 9.84 Å². The molecule has 1 aliphatic heterocycles. The van der Waals surface area contributed by atoms with E-state index in [0.29, 0.717) is 18.2 Å². The van der Waals surface area contributed by atoms with Crippen molar-refractivity contribution < 1.29 is 8.42 Å². The van der Waals surface area contributed by atoms with Gasteiger partial charge in [-0.2, -0.15) is 0 Å². The van der Waals surface area contributed by atoms with E-state index in [2.05, 4.69) is 29.2 Å². The highest BCUT2D eigenvalue weighted by Gasteiger charge is 2.24. The van der Waals surface area contributed by atoms with Crippen molar-refractivity contribution in [2.75, 3.05) is 31.6 Å². The fraction of sp³-hybridized carbons (Fsp3) is 0.714. The molecule has 0 aromatic rings. The van der Waals surface area contributed by atoms with Gasteiger partial charge in [-0.25, -0.2) is 8.42 Å². The van der Waals surface area contributed by atoms with Crippen LogP contribution in [-0.2, 0) is 9.84 Å². The van der Waals surface area contributed by atoms with E-state index in [1.807, 2.05) is 0 Å². The van der Waals surface area contributed by atoms with E-state index in [4.69, 9.17) is 0 Å². The smallest absolute Gasteiger partial charge is 0.148 e. The lowest BCUT2D eigenvalue weighted by Gasteiger charge is -2.34. The Morgan fingerprint density at radius 3 is 2.33 bits per heavy atom. The van der Waals surface area contributed by atoms with Gasteiger partial charge in [0.2, 0.25) is 0 Å². The average Bonchev–Trinajstić information content (AvgIpc) is 2.37. The van der Waals surface area contributed by atoms with Crippen LogP contribution in [0.1, 0.15) is 19.3 Å². The van der Waals surface area contributed by atoms with Crippen LogP contribution in [0, 0.1) is 11.8 Å². The van der Waals surface area contributed by atoms with E-state index in [-0.39, 0.29) is 0 Å². The lowest BCUT2D eigenvalue weighted by molar-refractivity contribution is 0.179. The average molecular weight is 269 g/mol. The Morgan fingerprint density at radius 2 is 1.78 bits per heavy atom. The number of rotatable bonds is 4. The lowest BCUT2D eigenvalue weighted by atomic mass is 9.82. The minimum absolute atomic E-state index is 0.293. The molecule has 1 heterocycles. The zero-order valence-corrected chi connectivity index (χ0v) is 11.9. The summed E-state index contributed by atoms with van der Waals surface area (Å²) in [7, 11) is -2.82. The predicted molar refractivity (Wildman–Crippen MR) is 75.3 cm³/mol. The molecule has 2 aliphatic rings. The van der Waals surface area contributed by atoms with Gasteiger partial charge in [-0.1, -0.05) is 24.3 Å². The lowest BCUT2D eigenvalue weighted by Crippen LogP contribution is -2.38. The van der Waals surface area contributed by atoms with Gasteiger partial charge in [0, 0.05) is 12.8 Å². The summed E-state index contributed by atoms with van der Waals surface area (Å²) < 4.78 is 22.3. The molecule has 4 heteroatoms. The highest BCUT2D eigenvalue weighted by atomic mass is 32.2. The second-order valence-corrected chi connectivity index (χ2v) is 7.74. The number of hydrogen-bond donors (Lipinski definition) is 0. The largest absolute Gasteiger partial charge is 0.302 e. The molecule has 0 spiro atoms. The monoisotopic (exact) mass is 269 g/mol. The Labute approximate surface area is 110 Å². The maximum absolute atomic E-state index is 11.1. The number of hydrogen-bond acceptors (Lipinski definition) is 3. The van der Waals surface area contributed by atoms with Crippen LogP contribution in [0.2, 0.25) is 0 Å². The van der Waals surface area contributed by atoms with E-state index in [1.54, 1.807) is 0 Å². The fourth-order valence-corrected chi connectivity index (χ4v) is 3.37. The summed E-state index contributed by atoms with van der Waals surface area (Å²) in [5, 5.41) is 0. The topological polar surface area (TPSA) is 37.4 Å². The second-order valence-electron chi connectivity index (χ2n) is 5.48. The highest BCUT2D eigenvalue weighted by Crippen LogP contribution is 2.28. The van der Waals surface area contributed by atoms with E-state index in [1.165, 1.54) is 19.1 Å². The molecule has 0 radical (unpaired) electrons. The molecule has 102 valence electrons. The molecular formula is C14H23NO2S. The van der Waals surface area contributed by atoms with Crippen LogP contribution in [0.25, 0.3) is 0 Å². The Bertz CT molecular complexity index is 405. The molecule has 0 N–H and O–H groups in total. The molecule has 1 aliphatic carbocycles. The summed E-state index contributed by atoms with van der Waals surface area (Å²) in [5.41, 5.74) is 0. The van der Waals surface area contributed by atoms with Crippen LogP contribution >= 0.6 is 0 Å². The van der Waals surface area contributed by atoms with Gasteiger partial charge in [0.15, 0.2) is 0 Å². The van der Waals surface area contributed by atoms with Crippen molar-refractivity contribution in [3.05, 3.63) is 24.3 Å². The first-order valence-corrected chi connectivity index (χ1v) is 8.84. The quantitative estimate of drug-likeness (QED) is 0.731. The first kappa shape index (κ1) is 13.8. The molecule has 0 amide bonds. The summed E-state index contributed by atoms with van der Waals surface area (Å²) in [6.07, 6.45) is 13.9. The standard InChI is InChI=1S/C14H23NO2S/c1-18(16,17)12-11-15-9-7-14(8-10-15)13-5-3-2-4-6-13/h3-6,13-14H,2,7-12H2,1H3. The molecule has 0 atom stereocenters. The molecule has 0 bridgehead atoms. The zero-order chi connectivity index (χ0) is 13.0. The summed E-state index contributed by atoms with van der Waals surface area (Å²) >= 11 is 0. The SMILES string of the molecule is CS(=O)(=O)CCN1CCC(C2C=CCC=C2)CC1. The van der Waals surface area contributed by atoms with Crippen LogP contribution in [0.5, 0.6) is 0 Å². The first-order valence-electron chi connectivity index (χ1n) is 6.78. The summed E-state index contributed by atoms with van der Waals surface area (Å²) in [5.74, 6) is 1.64. The maximum Gasteiger partial charge on any atom is 0.148 e. The first-order chi connectivity index (χ1) is 8.54. The van der Waals surface area contributed by atoms with Gasteiger partial charge in [0.25, 0.3) is 0 Å². The van der Waals surface area contributed by atoms with Crippen molar-refractivity contribution in [2.45, 2.75) is 19.3 Å². The van der Waals surface area contributed by atoms with Gasteiger partial charge in [0.1, 0.15) is 9.84 Å². The Hall–Kier alpha value is -0.610. The van der Waals surface area contributed by atoms with Crippen molar-refractivity contribution in [1.29, 1.82) is 0 Å². The third-order valence-electron chi connectivity index (χ3n) is 3.94. The van der Waals surface area contributed by atoms with Crippen LogP contribution in [0.15, 0.2) is 24.3 Å². The molecule has 3 nitrogen and oxygen atoms in total. The van der Waals surface area contributed by atoms with Crippen LogP contribution < -0.4 is 0 Å². The van der Waals surface area contributed by atoms with Crippen LogP contribution in [0.4, 0.5) is 0 Å². The predicted octanol–water partition coefficient (Wildman–Crippen LogP) is 1.88. The Balaban J connectivity index is 1.76. The van der Waals surface area contributed by atoms with Crippen LogP contribution in [-0.4, -0.2) is 45.0 Å². The Kier molecular flexibility index (Phi) is 4.62. The van der Waals surface area contributed by atoms with Crippen molar-refractivity contribution >= 4 is 9.84 Å². The van der Waals surface area contributed by atoms with Gasteiger partial charge in [0.05, 0.1) is 5.75 Å². The van der Waals surface area contributed by atoms with Gasteiger partial charge >= 0.3 is 0 Å². The molecule has 1 fully saturated rings. The molecule has 0 unspecified atom stereocenters. The van der Waals surface area contributed by atoms with Crippen molar-refractivity contribution in [1.82, 2.24) is 4.90 Å². The minimum atomic E-state index is -2.82. The fourth-order valence-electron chi connectivity index (χ4n) is 2.78. The highest BCUT2D eigenvalue weighted by molar-refractivity contribution is 7.90. The van der Waals surface area contributed by atoms with E-state index >= 15 is 0 Å². The summed E-state index contributed by atoms with van der Waals surface area (Å²) in [4.78, 5) is 2.29. The zero-order valence-electron chi connectivity index (χ0n) is 11.1. The number of sulfone groups is 1. The molecule has 0 aromatic carbocycles.